The van der Waals surface area contributed by atoms with Crippen molar-refractivity contribution in [1.29, 1.82) is 0 Å². The maximum absolute atomic E-state index is 13.8. The molecule has 3 heterocycles. The average Bonchev–Trinajstić information content (AvgIpc) is 3.40. The number of halogens is 1. The fraction of sp³-hybridized carbons (Fsp3) is 0.310. The summed E-state index contributed by atoms with van der Waals surface area (Å²) in [5, 5.41) is 17.3. The monoisotopic (exact) mass is 578 g/mol. The number of amides is 1. The zero-order valence-electron chi connectivity index (χ0n) is 22.3. The Labute approximate surface area is 237 Å². The Morgan fingerprint density at radius 3 is 2.56 bits per heavy atom. The smallest absolute Gasteiger partial charge is 0.258 e. The van der Waals surface area contributed by atoms with Gasteiger partial charge in [-0.1, -0.05) is 6.07 Å². The van der Waals surface area contributed by atoms with Crippen LogP contribution in [0.1, 0.15) is 23.2 Å². The maximum Gasteiger partial charge on any atom is 0.258 e. The number of benzene rings is 3. The van der Waals surface area contributed by atoms with Crippen molar-refractivity contribution < 1.29 is 22.3 Å². The van der Waals surface area contributed by atoms with E-state index < -0.39 is 15.7 Å². The number of piperazine rings is 1. The van der Waals surface area contributed by atoms with Gasteiger partial charge in [0.25, 0.3) is 5.91 Å². The number of aromatic amines is 1. The molecule has 0 radical (unpaired) electrons. The molecule has 12 heteroatoms. The molecule has 214 valence electrons. The number of carbonyl (C=O) groups is 1. The van der Waals surface area contributed by atoms with E-state index in [1.54, 1.807) is 6.07 Å². The standard InChI is InChI=1S/C29H31FN6O4S/c30-19-2-1-3-22(16-19)41(38,39)23-5-7-26-25(18-23)28(35-34-26)33-29(37)24-6-4-21(36-12-10-31-11-13-36)17-27(24)32-20-8-14-40-15-9-20/h1-7,16-18,20,31-32H,8-15H2,(H2,33,34,35,37). The van der Waals surface area contributed by atoms with E-state index in [1.165, 1.54) is 30.3 Å². The number of nitrogens with zero attached hydrogens (tertiary/aromatic N) is 2. The van der Waals surface area contributed by atoms with E-state index in [4.69, 9.17) is 4.74 Å². The second-order valence-electron chi connectivity index (χ2n) is 10.2. The van der Waals surface area contributed by atoms with Crippen molar-refractivity contribution in [3.05, 3.63) is 72.0 Å². The summed E-state index contributed by atoms with van der Waals surface area (Å²) in [7, 11) is -3.99. The first-order valence-electron chi connectivity index (χ1n) is 13.6. The first-order chi connectivity index (χ1) is 19.9. The third-order valence-corrected chi connectivity index (χ3v) is 9.24. The Hall–Kier alpha value is -4.00. The van der Waals surface area contributed by atoms with Crippen LogP contribution in [0.2, 0.25) is 0 Å². The lowest BCUT2D eigenvalue weighted by Crippen LogP contribution is -2.43. The maximum atomic E-state index is 13.8. The van der Waals surface area contributed by atoms with Crippen LogP contribution in [-0.4, -0.2) is 70.0 Å². The summed E-state index contributed by atoms with van der Waals surface area (Å²) in [4.78, 5) is 15.7. The number of ether oxygens (including phenoxy) is 1. The van der Waals surface area contributed by atoms with Crippen LogP contribution >= 0.6 is 0 Å². The summed E-state index contributed by atoms with van der Waals surface area (Å²) in [5.74, 6) is -0.820. The second kappa shape index (κ2) is 11.5. The molecule has 0 bridgehead atoms. The van der Waals surface area contributed by atoms with Gasteiger partial charge in [-0.05, 0) is 67.4 Å². The molecule has 3 aromatic carbocycles. The molecule has 2 aliphatic rings. The lowest BCUT2D eigenvalue weighted by atomic mass is 10.1. The van der Waals surface area contributed by atoms with Gasteiger partial charge in [-0.25, -0.2) is 12.8 Å². The largest absolute Gasteiger partial charge is 0.381 e. The summed E-state index contributed by atoms with van der Waals surface area (Å²) < 4.78 is 45.6. The number of aromatic nitrogens is 2. The number of fused-ring (bicyclic) bond motifs is 1. The lowest BCUT2D eigenvalue weighted by molar-refractivity contribution is 0.0904. The van der Waals surface area contributed by atoms with Crippen molar-refractivity contribution in [2.45, 2.75) is 28.7 Å². The van der Waals surface area contributed by atoms with Crippen LogP contribution in [0.3, 0.4) is 0 Å². The molecular weight excluding hydrogens is 547 g/mol. The summed E-state index contributed by atoms with van der Waals surface area (Å²) >= 11 is 0. The fourth-order valence-corrected chi connectivity index (χ4v) is 6.55. The molecule has 0 saturated carbocycles. The van der Waals surface area contributed by atoms with E-state index in [2.05, 4.69) is 31.0 Å². The SMILES string of the molecule is O=C(Nc1n[nH]c2ccc(S(=O)(=O)c3cccc(F)c3)cc12)c1ccc(N2CCNCC2)cc1NC1CCOCC1. The van der Waals surface area contributed by atoms with Crippen LogP contribution in [0.5, 0.6) is 0 Å². The van der Waals surface area contributed by atoms with Crippen LogP contribution in [0.25, 0.3) is 10.9 Å². The number of rotatable bonds is 7. The molecule has 0 unspecified atom stereocenters. The molecule has 0 atom stereocenters. The van der Waals surface area contributed by atoms with Crippen LogP contribution in [0.15, 0.2) is 70.5 Å². The van der Waals surface area contributed by atoms with Gasteiger partial charge >= 0.3 is 0 Å². The average molecular weight is 579 g/mol. The molecule has 0 spiro atoms. The molecule has 2 fully saturated rings. The molecular formula is C29H31FN6O4S. The van der Waals surface area contributed by atoms with Crippen molar-refractivity contribution in [2.24, 2.45) is 0 Å². The van der Waals surface area contributed by atoms with Gasteiger partial charge in [-0.15, -0.1) is 0 Å². The predicted molar refractivity (Wildman–Crippen MR) is 155 cm³/mol. The zero-order valence-corrected chi connectivity index (χ0v) is 23.1. The topological polar surface area (TPSA) is 128 Å². The highest BCUT2D eigenvalue weighted by molar-refractivity contribution is 7.91. The van der Waals surface area contributed by atoms with E-state index in [9.17, 15) is 17.6 Å². The van der Waals surface area contributed by atoms with Crippen molar-refractivity contribution in [2.75, 3.05) is 54.9 Å². The van der Waals surface area contributed by atoms with Crippen LogP contribution in [0.4, 0.5) is 21.6 Å². The predicted octanol–water partition coefficient (Wildman–Crippen LogP) is 3.79. The number of carbonyl (C=O) groups excluding carboxylic acids is 1. The van der Waals surface area contributed by atoms with Gasteiger partial charge in [0, 0.05) is 62.2 Å². The minimum Gasteiger partial charge on any atom is -0.381 e. The van der Waals surface area contributed by atoms with E-state index in [0.29, 0.717) is 29.7 Å². The summed E-state index contributed by atoms with van der Waals surface area (Å²) in [5.41, 5.74) is 2.76. The number of hydrogen-bond donors (Lipinski definition) is 4. The Morgan fingerprint density at radius 2 is 1.78 bits per heavy atom. The van der Waals surface area contributed by atoms with Crippen molar-refractivity contribution in [1.82, 2.24) is 15.5 Å². The van der Waals surface area contributed by atoms with Crippen LogP contribution < -0.4 is 20.9 Å². The van der Waals surface area contributed by atoms with Gasteiger partial charge in [0.2, 0.25) is 9.84 Å². The normalized spacial score (nSPS) is 16.6. The lowest BCUT2D eigenvalue weighted by Gasteiger charge is -2.31. The van der Waals surface area contributed by atoms with Gasteiger partial charge in [0.05, 0.1) is 20.9 Å². The molecule has 1 amide bonds. The van der Waals surface area contributed by atoms with E-state index in [0.717, 1.165) is 56.5 Å². The minimum atomic E-state index is -3.99. The molecule has 1 aromatic heterocycles. The van der Waals surface area contributed by atoms with E-state index in [-0.39, 0.29) is 27.6 Å². The first-order valence-corrected chi connectivity index (χ1v) is 15.1. The molecule has 2 aliphatic heterocycles. The van der Waals surface area contributed by atoms with Crippen molar-refractivity contribution in [3.63, 3.8) is 0 Å². The third kappa shape index (κ3) is 5.76. The number of H-pyrrole nitrogens is 1. The Kier molecular flexibility index (Phi) is 7.61. The van der Waals surface area contributed by atoms with Crippen LogP contribution in [-0.2, 0) is 14.6 Å². The molecule has 10 nitrogen and oxygen atoms in total. The van der Waals surface area contributed by atoms with Gasteiger partial charge in [0.15, 0.2) is 5.82 Å². The zero-order chi connectivity index (χ0) is 28.4. The van der Waals surface area contributed by atoms with Gasteiger partial charge in [-0.2, -0.15) is 5.10 Å². The van der Waals surface area contributed by atoms with E-state index in [1.807, 2.05) is 18.2 Å². The molecule has 4 aromatic rings. The quantitative estimate of drug-likeness (QED) is 0.261. The molecule has 41 heavy (non-hydrogen) atoms. The van der Waals surface area contributed by atoms with Gasteiger partial charge in [0.1, 0.15) is 5.82 Å². The number of sulfone groups is 1. The molecule has 6 rings (SSSR count). The highest BCUT2D eigenvalue weighted by atomic mass is 32.2. The van der Waals surface area contributed by atoms with Crippen molar-refractivity contribution in [3.8, 4) is 0 Å². The van der Waals surface area contributed by atoms with Gasteiger partial charge < -0.3 is 25.6 Å². The highest BCUT2D eigenvalue weighted by Crippen LogP contribution is 2.30. The summed E-state index contributed by atoms with van der Waals surface area (Å²) in [6.45, 7) is 4.88. The second-order valence-corrected chi connectivity index (χ2v) is 12.1. The van der Waals surface area contributed by atoms with Crippen molar-refractivity contribution >= 4 is 43.8 Å². The minimum absolute atomic E-state index is 0.0326. The van der Waals surface area contributed by atoms with Gasteiger partial charge in [-0.3, -0.25) is 9.89 Å². The molecule has 0 aliphatic carbocycles. The Morgan fingerprint density at radius 1 is 1.00 bits per heavy atom. The number of anilines is 3. The van der Waals surface area contributed by atoms with E-state index >= 15 is 0 Å². The first kappa shape index (κ1) is 27.2. The molecule has 4 N–H and O–H groups in total. The Bertz CT molecular complexity index is 1680. The fourth-order valence-electron chi connectivity index (χ4n) is 5.23. The molecule has 2 saturated heterocycles. The highest BCUT2D eigenvalue weighted by Gasteiger charge is 2.23. The third-order valence-electron chi connectivity index (χ3n) is 7.49. The summed E-state index contributed by atoms with van der Waals surface area (Å²) in [6, 6.07) is 15.2. The number of hydrogen-bond acceptors (Lipinski definition) is 8. The summed E-state index contributed by atoms with van der Waals surface area (Å²) in [6.07, 6.45) is 1.68. The Balaban J connectivity index is 1.30. The van der Waals surface area contributed by atoms with Crippen LogP contribution in [0, 0.1) is 5.82 Å². The number of nitrogens with one attached hydrogen (secondary N) is 4.